The number of esters is 1. The second-order valence-electron chi connectivity index (χ2n) is 5.44. The number of rotatable bonds is 9. The lowest BCUT2D eigenvalue weighted by molar-refractivity contribution is -0.151. The summed E-state index contributed by atoms with van der Waals surface area (Å²) in [5.74, 6) is 0.805. The summed E-state index contributed by atoms with van der Waals surface area (Å²) in [5, 5.41) is 4.05. The molecule has 5 nitrogen and oxygen atoms in total. The van der Waals surface area contributed by atoms with Crippen molar-refractivity contribution >= 4 is 17.7 Å². The molecule has 1 aromatic heterocycles. The van der Waals surface area contributed by atoms with Crippen LogP contribution < -0.4 is 5.32 Å². The average molecular weight is 312 g/mol. The Morgan fingerprint density at radius 3 is 2.86 bits per heavy atom. The van der Waals surface area contributed by atoms with Crippen LogP contribution in [-0.2, 0) is 9.53 Å². The first-order valence-corrected chi connectivity index (χ1v) is 8.58. The summed E-state index contributed by atoms with van der Waals surface area (Å²) in [4.78, 5) is 16.8. The van der Waals surface area contributed by atoms with E-state index < -0.39 is 5.54 Å². The highest BCUT2D eigenvalue weighted by atomic mass is 32.2. The Bertz CT molecular complexity index is 473. The van der Waals surface area contributed by atoms with Crippen molar-refractivity contribution in [2.75, 3.05) is 18.9 Å². The Balaban J connectivity index is 2.10. The van der Waals surface area contributed by atoms with Crippen LogP contribution in [0.25, 0.3) is 0 Å². The number of thioether (sulfide) groups is 1. The molecule has 1 aliphatic carbocycles. The van der Waals surface area contributed by atoms with E-state index in [9.17, 15) is 4.79 Å². The fourth-order valence-corrected chi connectivity index (χ4v) is 3.50. The Kier molecular flexibility index (Phi) is 5.70. The number of ether oxygens (including phenoxy) is 1. The molecule has 1 unspecified atom stereocenters. The van der Waals surface area contributed by atoms with E-state index in [1.807, 2.05) is 13.8 Å². The van der Waals surface area contributed by atoms with E-state index in [2.05, 4.69) is 17.2 Å². The molecule has 6 heteroatoms. The first kappa shape index (κ1) is 16.4. The number of hydrogen-bond acceptors (Lipinski definition) is 6. The lowest BCUT2D eigenvalue weighted by Gasteiger charge is -2.32. The zero-order valence-electron chi connectivity index (χ0n) is 13.0. The highest BCUT2D eigenvalue weighted by Gasteiger charge is 2.51. The molecular weight excluding hydrogens is 288 g/mol. The molecule has 1 aromatic rings. The minimum absolute atomic E-state index is 0.142. The topological polar surface area (TPSA) is 64.4 Å². The summed E-state index contributed by atoms with van der Waals surface area (Å²) in [5.41, 5.74) is 0.242. The summed E-state index contributed by atoms with van der Waals surface area (Å²) in [6.45, 7) is 7.05. The number of hydrogen-bond donors (Lipinski definition) is 1. The van der Waals surface area contributed by atoms with Crippen LogP contribution in [0.1, 0.15) is 38.8 Å². The van der Waals surface area contributed by atoms with Gasteiger partial charge in [0.2, 0.25) is 0 Å². The third-order valence-corrected chi connectivity index (χ3v) is 4.66. The average Bonchev–Trinajstić information content (AvgIpc) is 3.23. The van der Waals surface area contributed by atoms with Gasteiger partial charge < -0.3 is 14.5 Å². The minimum atomic E-state index is -0.612. The van der Waals surface area contributed by atoms with Crippen molar-refractivity contribution in [3.63, 3.8) is 0 Å². The normalized spacial score (nSPS) is 17.5. The van der Waals surface area contributed by atoms with Gasteiger partial charge in [0.25, 0.3) is 5.22 Å². The van der Waals surface area contributed by atoms with Gasteiger partial charge in [-0.1, -0.05) is 18.7 Å². The SMILES string of the molecule is CCCNC(CSc1nc(C)co1)(C(=O)OCC)C1CC1. The molecule has 1 aliphatic rings. The van der Waals surface area contributed by atoms with Gasteiger partial charge in [0.05, 0.1) is 12.3 Å². The van der Waals surface area contributed by atoms with Gasteiger partial charge in [0.1, 0.15) is 11.8 Å². The molecule has 0 aliphatic heterocycles. The summed E-state index contributed by atoms with van der Waals surface area (Å²) < 4.78 is 10.7. The summed E-state index contributed by atoms with van der Waals surface area (Å²) in [7, 11) is 0. The minimum Gasteiger partial charge on any atom is -0.465 e. The first-order valence-electron chi connectivity index (χ1n) is 7.59. The molecule has 0 bridgehead atoms. The summed E-state index contributed by atoms with van der Waals surface area (Å²) >= 11 is 1.48. The number of aryl methyl sites for hydroxylation is 1. The van der Waals surface area contributed by atoms with Gasteiger partial charge in [-0.05, 0) is 45.6 Å². The van der Waals surface area contributed by atoms with Crippen LogP contribution in [-0.4, -0.2) is 35.4 Å². The van der Waals surface area contributed by atoms with Gasteiger partial charge in [-0.15, -0.1) is 0 Å². The van der Waals surface area contributed by atoms with E-state index in [-0.39, 0.29) is 5.97 Å². The molecule has 1 N–H and O–H groups in total. The fourth-order valence-electron chi connectivity index (χ4n) is 2.37. The van der Waals surface area contributed by atoms with Crippen molar-refractivity contribution in [2.24, 2.45) is 5.92 Å². The zero-order chi connectivity index (χ0) is 15.3. The molecule has 1 saturated carbocycles. The third-order valence-electron chi connectivity index (χ3n) is 3.63. The molecule has 1 fully saturated rings. The number of carbonyl (C=O) groups is 1. The number of nitrogens with one attached hydrogen (secondary N) is 1. The first-order chi connectivity index (χ1) is 10.1. The highest BCUT2D eigenvalue weighted by Crippen LogP contribution is 2.43. The number of nitrogens with zero attached hydrogens (tertiary/aromatic N) is 1. The van der Waals surface area contributed by atoms with E-state index in [4.69, 9.17) is 9.15 Å². The summed E-state index contributed by atoms with van der Waals surface area (Å²) in [6, 6.07) is 0. The van der Waals surface area contributed by atoms with Gasteiger partial charge in [0.15, 0.2) is 0 Å². The van der Waals surface area contributed by atoms with Gasteiger partial charge in [-0.3, -0.25) is 4.79 Å². The van der Waals surface area contributed by atoms with Gasteiger partial charge in [-0.25, -0.2) is 4.98 Å². The molecule has 1 heterocycles. The Hall–Kier alpha value is -1.01. The number of aromatic nitrogens is 1. The molecule has 21 heavy (non-hydrogen) atoms. The lowest BCUT2D eigenvalue weighted by Crippen LogP contribution is -2.57. The molecule has 0 amide bonds. The standard InChI is InChI=1S/C15H24N2O3S/c1-4-8-16-15(12-6-7-12,13(18)19-5-2)10-21-14-17-11(3)9-20-14/h9,12,16H,4-8,10H2,1-3H3. The van der Waals surface area contributed by atoms with E-state index in [1.54, 1.807) is 6.26 Å². The smallest absolute Gasteiger partial charge is 0.327 e. The Morgan fingerprint density at radius 1 is 1.57 bits per heavy atom. The maximum atomic E-state index is 12.5. The summed E-state index contributed by atoms with van der Waals surface area (Å²) in [6.07, 6.45) is 4.75. The Morgan fingerprint density at radius 2 is 2.33 bits per heavy atom. The van der Waals surface area contributed by atoms with Gasteiger partial charge in [-0.2, -0.15) is 0 Å². The van der Waals surface area contributed by atoms with Crippen LogP contribution >= 0.6 is 11.8 Å². The van der Waals surface area contributed by atoms with Crippen molar-refractivity contribution in [3.8, 4) is 0 Å². The molecule has 0 spiro atoms. The van der Waals surface area contributed by atoms with Crippen LogP contribution in [0.4, 0.5) is 0 Å². The number of carbonyl (C=O) groups excluding carboxylic acids is 1. The van der Waals surface area contributed by atoms with Crippen LogP contribution in [0.5, 0.6) is 0 Å². The maximum Gasteiger partial charge on any atom is 0.327 e. The van der Waals surface area contributed by atoms with E-state index >= 15 is 0 Å². The van der Waals surface area contributed by atoms with Crippen molar-refractivity contribution in [1.82, 2.24) is 10.3 Å². The van der Waals surface area contributed by atoms with Crippen molar-refractivity contribution in [1.29, 1.82) is 0 Å². The fraction of sp³-hybridized carbons (Fsp3) is 0.733. The largest absolute Gasteiger partial charge is 0.465 e. The second-order valence-corrected chi connectivity index (χ2v) is 6.36. The van der Waals surface area contributed by atoms with Crippen molar-refractivity contribution in [2.45, 2.75) is 50.8 Å². The van der Waals surface area contributed by atoms with E-state index in [0.717, 1.165) is 31.5 Å². The quantitative estimate of drug-likeness (QED) is 0.559. The van der Waals surface area contributed by atoms with Crippen molar-refractivity contribution in [3.05, 3.63) is 12.0 Å². The molecule has 118 valence electrons. The molecular formula is C15H24N2O3S. The second kappa shape index (κ2) is 7.31. The zero-order valence-corrected chi connectivity index (χ0v) is 13.8. The van der Waals surface area contributed by atoms with Crippen molar-refractivity contribution < 1.29 is 13.9 Å². The van der Waals surface area contributed by atoms with Crippen LogP contribution in [0.3, 0.4) is 0 Å². The Labute approximate surface area is 130 Å². The molecule has 1 atom stereocenters. The number of oxazole rings is 1. The molecule has 0 saturated heterocycles. The van der Waals surface area contributed by atoms with E-state index in [1.165, 1.54) is 11.8 Å². The van der Waals surface area contributed by atoms with Gasteiger partial charge in [0, 0.05) is 5.75 Å². The third kappa shape index (κ3) is 4.01. The lowest BCUT2D eigenvalue weighted by atomic mass is 9.95. The molecule has 0 aromatic carbocycles. The van der Waals surface area contributed by atoms with Gasteiger partial charge >= 0.3 is 5.97 Å². The van der Waals surface area contributed by atoms with Crippen LogP contribution in [0.2, 0.25) is 0 Å². The highest BCUT2D eigenvalue weighted by molar-refractivity contribution is 7.99. The van der Waals surface area contributed by atoms with Crippen LogP contribution in [0.15, 0.2) is 15.9 Å². The van der Waals surface area contributed by atoms with Crippen LogP contribution in [0, 0.1) is 12.8 Å². The molecule has 0 radical (unpaired) electrons. The maximum absolute atomic E-state index is 12.5. The monoisotopic (exact) mass is 312 g/mol. The molecule has 2 rings (SSSR count). The van der Waals surface area contributed by atoms with E-state index in [0.29, 0.717) is 23.5 Å². The predicted octanol–water partition coefficient (Wildman–Crippen LogP) is 2.79. The predicted molar refractivity (Wildman–Crippen MR) is 82.3 cm³/mol.